The Bertz CT molecular complexity index is 1440. The summed E-state index contributed by atoms with van der Waals surface area (Å²) in [5, 5.41) is 4.04. The Morgan fingerprint density at radius 1 is 0.853 bits per heavy atom. The molecule has 0 aliphatic carbocycles. The van der Waals surface area contributed by atoms with Crippen LogP contribution in [0.2, 0.25) is 0 Å². The zero-order valence-electron chi connectivity index (χ0n) is 18.7. The third-order valence-electron chi connectivity index (χ3n) is 4.89. The molecule has 0 saturated heterocycles. The molecule has 0 aliphatic rings. The lowest BCUT2D eigenvalue weighted by molar-refractivity contribution is -0.119. The fraction of sp³-hybridized carbons (Fsp3) is 0.227. The van der Waals surface area contributed by atoms with Gasteiger partial charge in [0.15, 0.2) is 0 Å². The first-order valence-electron chi connectivity index (χ1n) is 10.3. The number of sulfonamides is 2. The van der Waals surface area contributed by atoms with Gasteiger partial charge < -0.3 is 4.52 Å². The molecule has 2 amide bonds. The summed E-state index contributed by atoms with van der Waals surface area (Å²) in [6, 6.07) is 11.6. The molecule has 10 nitrogen and oxygen atoms in total. The molecule has 34 heavy (non-hydrogen) atoms. The molecule has 3 rings (SSSR count). The van der Waals surface area contributed by atoms with Crippen molar-refractivity contribution < 1.29 is 30.9 Å². The fourth-order valence-corrected chi connectivity index (χ4v) is 5.47. The lowest BCUT2D eigenvalue weighted by Gasteiger charge is -2.12. The Morgan fingerprint density at radius 3 is 2.00 bits per heavy atom. The molecule has 3 aromatic rings. The predicted molar refractivity (Wildman–Crippen MR) is 123 cm³/mol. The second-order valence-corrected chi connectivity index (χ2v) is 10.6. The predicted octanol–water partition coefficient (Wildman–Crippen LogP) is 2.75. The Labute approximate surface area is 197 Å². The van der Waals surface area contributed by atoms with E-state index in [1.165, 1.54) is 50.2 Å². The van der Waals surface area contributed by atoms with E-state index in [0.717, 1.165) is 0 Å². The Balaban J connectivity index is 2.07. The molecule has 1 aromatic heterocycles. The molecule has 0 unspecified atom stereocenters. The maximum Gasteiger partial charge on any atom is 0.264 e. The number of hydrogen-bond acceptors (Lipinski definition) is 8. The second-order valence-electron chi connectivity index (χ2n) is 7.25. The summed E-state index contributed by atoms with van der Waals surface area (Å²) >= 11 is 0. The molecule has 12 heteroatoms. The Kier molecular flexibility index (Phi) is 7.22. The van der Waals surface area contributed by atoms with Crippen LogP contribution in [0.15, 0.2) is 62.8 Å². The molecule has 2 N–H and O–H groups in total. The van der Waals surface area contributed by atoms with Gasteiger partial charge in [0.1, 0.15) is 11.5 Å². The van der Waals surface area contributed by atoms with Gasteiger partial charge in [0.25, 0.3) is 20.0 Å². The van der Waals surface area contributed by atoms with Gasteiger partial charge in [-0.25, -0.2) is 26.3 Å². The highest BCUT2D eigenvalue weighted by molar-refractivity contribution is 7.90. The van der Waals surface area contributed by atoms with Gasteiger partial charge in [0.2, 0.25) is 11.8 Å². The average molecular weight is 506 g/mol. The zero-order chi connectivity index (χ0) is 25.1. The van der Waals surface area contributed by atoms with Crippen LogP contribution in [0.1, 0.15) is 32.4 Å². The molecule has 0 saturated carbocycles. The van der Waals surface area contributed by atoms with Crippen LogP contribution >= 0.6 is 0 Å². The quantitative estimate of drug-likeness (QED) is 0.474. The smallest absolute Gasteiger partial charge is 0.264 e. The number of carbonyl (C=O) groups excluding carboxylic acids is 2. The summed E-state index contributed by atoms with van der Waals surface area (Å²) < 4.78 is 59.7. The highest BCUT2D eigenvalue weighted by Crippen LogP contribution is 2.37. The lowest BCUT2D eigenvalue weighted by Crippen LogP contribution is -2.30. The van der Waals surface area contributed by atoms with E-state index in [1.54, 1.807) is 19.1 Å². The first kappa shape index (κ1) is 25.1. The third kappa shape index (κ3) is 5.18. The van der Waals surface area contributed by atoms with Gasteiger partial charge >= 0.3 is 0 Å². The standard InChI is InChI=1S/C22H23N3O7S2/c1-4-19(26)24-33(28,29)16-12-10-15(11-13-16)22-21(14(3)32-23-22)17-8-6-7-9-18(17)34(30,31)25-20(27)5-2/h6-13H,4-5H2,1-3H3,(H,24,26)(H,25,27). The zero-order valence-corrected chi connectivity index (χ0v) is 20.3. The number of rotatable bonds is 8. The van der Waals surface area contributed by atoms with E-state index in [4.69, 9.17) is 4.52 Å². The third-order valence-corrected chi connectivity index (χ3v) is 7.71. The van der Waals surface area contributed by atoms with Crippen LogP contribution in [0, 0.1) is 6.92 Å². The van der Waals surface area contributed by atoms with Gasteiger partial charge in [0.05, 0.1) is 15.4 Å². The number of carbonyl (C=O) groups is 2. The maximum absolute atomic E-state index is 12.9. The highest BCUT2D eigenvalue weighted by Gasteiger charge is 2.26. The first-order chi connectivity index (χ1) is 16.0. The minimum absolute atomic E-state index is 0.00704. The van der Waals surface area contributed by atoms with E-state index >= 15 is 0 Å². The normalized spacial score (nSPS) is 11.7. The van der Waals surface area contributed by atoms with E-state index in [1.807, 2.05) is 9.44 Å². The van der Waals surface area contributed by atoms with E-state index in [9.17, 15) is 26.4 Å². The van der Waals surface area contributed by atoms with Crippen LogP contribution in [-0.2, 0) is 29.6 Å². The second kappa shape index (κ2) is 9.77. The number of hydrogen-bond donors (Lipinski definition) is 2. The van der Waals surface area contributed by atoms with Crippen molar-refractivity contribution in [3.8, 4) is 22.4 Å². The molecule has 1 heterocycles. The largest absolute Gasteiger partial charge is 0.360 e. The average Bonchev–Trinajstić information content (AvgIpc) is 3.19. The molecule has 2 aromatic carbocycles. The van der Waals surface area contributed by atoms with Crippen molar-refractivity contribution in [2.24, 2.45) is 0 Å². The van der Waals surface area contributed by atoms with Crippen molar-refractivity contribution >= 4 is 31.9 Å². The maximum atomic E-state index is 12.9. The molecule has 180 valence electrons. The summed E-state index contributed by atoms with van der Waals surface area (Å²) in [6.45, 7) is 4.68. The molecule has 0 bridgehead atoms. The van der Waals surface area contributed by atoms with Gasteiger partial charge in [-0.15, -0.1) is 0 Å². The van der Waals surface area contributed by atoms with Gasteiger partial charge in [-0.3, -0.25) is 9.59 Å². The van der Waals surface area contributed by atoms with Crippen molar-refractivity contribution in [1.29, 1.82) is 0 Å². The molecular weight excluding hydrogens is 482 g/mol. The van der Waals surface area contributed by atoms with Crippen LogP contribution < -0.4 is 9.44 Å². The van der Waals surface area contributed by atoms with Crippen molar-refractivity contribution in [2.75, 3.05) is 0 Å². The van der Waals surface area contributed by atoms with Gasteiger partial charge in [-0.1, -0.05) is 49.3 Å². The molecule has 0 fully saturated rings. The molecular formula is C22H23N3O7S2. The number of nitrogens with zero attached hydrogens (tertiary/aromatic N) is 1. The molecule has 0 spiro atoms. The summed E-state index contributed by atoms with van der Waals surface area (Å²) in [4.78, 5) is 23.0. The molecule has 0 radical (unpaired) electrons. The van der Waals surface area contributed by atoms with Crippen molar-refractivity contribution in [3.63, 3.8) is 0 Å². The first-order valence-corrected chi connectivity index (χ1v) is 13.2. The van der Waals surface area contributed by atoms with Crippen molar-refractivity contribution in [2.45, 2.75) is 43.4 Å². The summed E-state index contributed by atoms with van der Waals surface area (Å²) in [7, 11) is -8.20. The van der Waals surface area contributed by atoms with Crippen LogP contribution in [0.5, 0.6) is 0 Å². The summed E-state index contributed by atoms with van der Waals surface area (Å²) in [5.74, 6) is -0.957. The molecule has 0 atom stereocenters. The van der Waals surface area contributed by atoms with Gasteiger partial charge in [-0.05, 0) is 25.1 Å². The van der Waals surface area contributed by atoms with Gasteiger partial charge in [-0.2, -0.15) is 0 Å². The van der Waals surface area contributed by atoms with E-state index in [2.05, 4.69) is 5.16 Å². The van der Waals surface area contributed by atoms with E-state index < -0.39 is 31.9 Å². The number of aromatic nitrogens is 1. The van der Waals surface area contributed by atoms with Crippen molar-refractivity contribution in [1.82, 2.24) is 14.6 Å². The van der Waals surface area contributed by atoms with Crippen LogP contribution in [-0.4, -0.2) is 33.8 Å². The Morgan fingerprint density at radius 2 is 1.41 bits per heavy atom. The Hall–Kier alpha value is -3.51. The minimum atomic E-state index is -4.17. The SMILES string of the molecule is CCC(=O)NS(=O)(=O)c1ccc(-c2noc(C)c2-c2ccccc2S(=O)(=O)NC(=O)CC)cc1. The van der Waals surface area contributed by atoms with E-state index in [-0.39, 0.29) is 33.9 Å². The number of aryl methyl sites for hydroxylation is 1. The fourth-order valence-electron chi connectivity index (χ4n) is 3.14. The van der Waals surface area contributed by atoms with Crippen LogP contribution in [0.25, 0.3) is 22.4 Å². The number of amides is 2. The number of nitrogens with one attached hydrogen (secondary N) is 2. The number of benzene rings is 2. The van der Waals surface area contributed by atoms with Gasteiger partial charge in [0, 0.05) is 24.0 Å². The monoisotopic (exact) mass is 505 g/mol. The highest BCUT2D eigenvalue weighted by atomic mass is 32.2. The van der Waals surface area contributed by atoms with E-state index in [0.29, 0.717) is 16.9 Å². The van der Waals surface area contributed by atoms with Crippen LogP contribution in [0.3, 0.4) is 0 Å². The lowest BCUT2D eigenvalue weighted by atomic mass is 9.99. The topological polar surface area (TPSA) is 153 Å². The van der Waals surface area contributed by atoms with Crippen LogP contribution in [0.4, 0.5) is 0 Å². The molecule has 0 aliphatic heterocycles. The van der Waals surface area contributed by atoms with Crippen molar-refractivity contribution in [3.05, 3.63) is 54.3 Å². The summed E-state index contributed by atoms with van der Waals surface area (Å²) in [5.41, 5.74) is 1.38. The summed E-state index contributed by atoms with van der Waals surface area (Å²) in [6.07, 6.45) is 0.00677. The minimum Gasteiger partial charge on any atom is -0.360 e.